The standard InChI is InChI=1S/C11H8Cl2N2O3/c12-7-1-2-9(8(13)5-7)17-6-11(16)18-10-3-4-14-15-10/h1-5H,6H2,(H,14,15). The lowest BCUT2D eigenvalue weighted by atomic mass is 10.3. The maximum atomic E-state index is 11.4. The summed E-state index contributed by atoms with van der Waals surface area (Å²) >= 11 is 11.6. The van der Waals surface area contributed by atoms with Crippen molar-refractivity contribution in [1.29, 1.82) is 0 Å². The predicted molar refractivity (Wildman–Crippen MR) is 66.2 cm³/mol. The van der Waals surface area contributed by atoms with Crippen molar-refractivity contribution in [3.8, 4) is 11.6 Å². The van der Waals surface area contributed by atoms with Gasteiger partial charge in [0.15, 0.2) is 6.61 Å². The fourth-order valence-corrected chi connectivity index (χ4v) is 1.64. The highest BCUT2D eigenvalue weighted by Gasteiger charge is 2.09. The molecule has 1 aromatic carbocycles. The van der Waals surface area contributed by atoms with Crippen molar-refractivity contribution in [2.45, 2.75) is 0 Å². The molecule has 0 aliphatic heterocycles. The van der Waals surface area contributed by atoms with Crippen LogP contribution in [0, 0.1) is 0 Å². The van der Waals surface area contributed by atoms with Gasteiger partial charge in [-0.25, -0.2) is 9.89 Å². The normalized spacial score (nSPS) is 10.1. The molecule has 94 valence electrons. The summed E-state index contributed by atoms with van der Waals surface area (Å²) in [6.07, 6.45) is 1.47. The molecule has 0 bridgehead atoms. The number of carbonyl (C=O) groups excluding carboxylic acids is 1. The van der Waals surface area contributed by atoms with Crippen molar-refractivity contribution < 1.29 is 14.3 Å². The second kappa shape index (κ2) is 5.75. The Balaban J connectivity index is 1.89. The highest BCUT2D eigenvalue weighted by atomic mass is 35.5. The van der Waals surface area contributed by atoms with Crippen LogP contribution in [-0.2, 0) is 4.79 Å². The van der Waals surface area contributed by atoms with Gasteiger partial charge in [0.1, 0.15) is 5.75 Å². The lowest BCUT2D eigenvalue weighted by molar-refractivity contribution is -0.136. The number of hydrogen-bond donors (Lipinski definition) is 1. The fourth-order valence-electron chi connectivity index (χ4n) is 1.18. The van der Waals surface area contributed by atoms with E-state index in [9.17, 15) is 4.79 Å². The zero-order chi connectivity index (χ0) is 13.0. The monoisotopic (exact) mass is 286 g/mol. The molecule has 0 atom stereocenters. The topological polar surface area (TPSA) is 64.2 Å². The van der Waals surface area contributed by atoms with Crippen LogP contribution in [0.4, 0.5) is 0 Å². The third-order valence-electron chi connectivity index (χ3n) is 1.94. The van der Waals surface area contributed by atoms with E-state index in [1.165, 1.54) is 18.3 Å². The third-order valence-corrected chi connectivity index (χ3v) is 2.47. The Kier molecular flexibility index (Phi) is 4.07. The number of H-pyrrole nitrogens is 1. The Morgan fingerprint density at radius 1 is 1.33 bits per heavy atom. The molecular weight excluding hydrogens is 279 g/mol. The maximum Gasteiger partial charge on any atom is 0.350 e. The molecule has 1 N–H and O–H groups in total. The summed E-state index contributed by atoms with van der Waals surface area (Å²) in [6.45, 7) is -0.264. The summed E-state index contributed by atoms with van der Waals surface area (Å²) < 4.78 is 10.1. The second-order valence-electron chi connectivity index (χ2n) is 3.26. The molecule has 0 unspecified atom stereocenters. The minimum Gasteiger partial charge on any atom is -0.480 e. The Morgan fingerprint density at radius 3 is 2.83 bits per heavy atom. The van der Waals surface area contributed by atoms with Gasteiger partial charge >= 0.3 is 5.97 Å². The van der Waals surface area contributed by atoms with Gasteiger partial charge < -0.3 is 9.47 Å². The van der Waals surface area contributed by atoms with Gasteiger partial charge in [0, 0.05) is 11.1 Å². The first-order chi connectivity index (χ1) is 8.65. The van der Waals surface area contributed by atoms with Crippen LogP contribution in [-0.4, -0.2) is 22.8 Å². The van der Waals surface area contributed by atoms with Gasteiger partial charge in [-0.15, -0.1) is 0 Å². The number of aromatic nitrogens is 2. The van der Waals surface area contributed by atoms with E-state index in [0.717, 1.165) is 0 Å². The van der Waals surface area contributed by atoms with Crippen LogP contribution in [0.2, 0.25) is 10.0 Å². The van der Waals surface area contributed by atoms with Gasteiger partial charge in [0.2, 0.25) is 5.88 Å². The minimum absolute atomic E-state index is 0.255. The molecule has 7 heteroatoms. The molecule has 0 saturated carbocycles. The Bertz CT molecular complexity index is 543. The van der Waals surface area contributed by atoms with Crippen molar-refractivity contribution >= 4 is 29.2 Å². The third kappa shape index (κ3) is 3.38. The molecule has 2 aromatic rings. The number of ether oxygens (including phenoxy) is 2. The van der Waals surface area contributed by atoms with Gasteiger partial charge in [0.25, 0.3) is 0 Å². The molecule has 0 saturated heterocycles. The predicted octanol–water partition coefficient (Wildman–Crippen LogP) is 2.70. The van der Waals surface area contributed by atoms with E-state index in [2.05, 4.69) is 10.2 Å². The molecule has 5 nitrogen and oxygen atoms in total. The van der Waals surface area contributed by atoms with Gasteiger partial charge in [-0.05, 0) is 18.2 Å². The Labute approximate surface area is 113 Å². The largest absolute Gasteiger partial charge is 0.480 e. The van der Waals surface area contributed by atoms with E-state index in [4.69, 9.17) is 32.7 Å². The minimum atomic E-state index is -0.565. The van der Waals surface area contributed by atoms with Crippen LogP contribution in [0.15, 0.2) is 30.5 Å². The van der Waals surface area contributed by atoms with Crippen LogP contribution in [0.5, 0.6) is 11.6 Å². The van der Waals surface area contributed by atoms with E-state index < -0.39 is 5.97 Å². The van der Waals surface area contributed by atoms with Crippen LogP contribution in [0.3, 0.4) is 0 Å². The molecule has 0 amide bonds. The number of rotatable bonds is 4. The average molecular weight is 287 g/mol. The Morgan fingerprint density at radius 2 is 2.17 bits per heavy atom. The number of nitrogens with zero attached hydrogens (tertiary/aromatic N) is 1. The molecule has 1 aromatic heterocycles. The first-order valence-corrected chi connectivity index (χ1v) is 5.68. The molecule has 2 rings (SSSR count). The quantitative estimate of drug-likeness (QED) is 0.878. The van der Waals surface area contributed by atoms with Crippen LogP contribution >= 0.6 is 23.2 Å². The molecule has 0 fully saturated rings. The molecule has 1 heterocycles. The van der Waals surface area contributed by atoms with Crippen LogP contribution < -0.4 is 9.47 Å². The molecule has 18 heavy (non-hydrogen) atoms. The summed E-state index contributed by atoms with van der Waals surface area (Å²) in [5.74, 6) is 0.0543. The molecule has 0 radical (unpaired) electrons. The van der Waals surface area contributed by atoms with Gasteiger partial charge in [-0.3, -0.25) is 0 Å². The number of carbonyl (C=O) groups is 1. The van der Waals surface area contributed by atoms with Crippen molar-refractivity contribution in [2.75, 3.05) is 6.61 Å². The summed E-state index contributed by atoms with van der Waals surface area (Å²) in [6, 6.07) is 6.24. The first-order valence-electron chi connectivity index (χ1n) is 4.93. The Hall–Kier alpha value is -1.72. The SMILES string of the molecule is O=C(COc1ccc(Cl)cc1Cl)Oc1ccn[nH]1. The molecule has 0 aliphatic rings. The molecular formula is C11H8Cl2N2O3. The van der Waals surface area contributed by atoms with E-state index in [1.54, 1.807) is 12.1 Å². The van der Waals surface area contributed by atoms with E-state index in [-0.39, 0.29) is 12.5 Å². The van der Waals surface area contributed by atoms with Crippen LogP contribution in [0.25, 0.3) is 0 Å². The zero-order valence-electron chi connectivity index (χ0n) is 9.02. The van der Waals surface area contributed by atoms with Crippen molar-refractivity contribution in [3.05, 3.63) is 40.5 Å². The average Bonchev–Trinajstić information content (AvgIpc) is 2.80. The number of halogens is 2. The van der Waals surface area contributed by atoms with Gasteiger partial charge in [-0.2, -0.15) is 5.10 Å². The number of benzene rings is 1. The molecule has 0 aliphatic carbocycles. The van der Waals surface area contributed by atoms with Gasteiger partial charge in [-0.1, -0.05) is 23.2 Å². The van der Waals surface area contributed by atoms with Crippen LogP contribution in [0.1, 0.15) is 0 Å². The maximum absolute atomic E-state index is 11.4. The number of nitrogens with one attached hydrogen (secondary N) is 1. The van der Waals surface area contributed by atoms with E-state index in [1.807, 2.05) is 0 Å². The lowest BCUT2D eigenvalue weighted by Crippen LogP contribution is -2.18. The first kappa shape index (κ1) is 12.7. The van der Waals surface area contributed by atoms with Crippen molar-refractivity contribution in [2.24, 2.45) is 0 Å². The molecule has 0 spiro atoms. The highest BCUT2D eigenvalue weighted by Crippen LogP contribution is 2.27. The zero-order valence-corrected chi connectivity index (χ0v) is 10.5. The number of hydrogen-bond acceptors (Lipinski definition) is 4. The van der Waals surface area contributed by atoms with Crippen molar-refractivity contribution in [3.63, 3.8) is 0 Å². The summed E-state index contributed by atoms with van der Waals surface area (Å²) in [4.78, 5) is 11.4. The second-order valence-corrected chi connectivity index (χ2v) is 4.10. The lowest BCUT2D eigenvalue weighted by Gasteiger charge is -2.07. The highest BCUT2D eigenvalue weighted by molar-refractivity contribution is 6.35. The van der Waals surface area contributed by atoms with E-state index >= 15 is 0 Å². The summed E-state index contributed by atoms with van der Waals surface area (Å²) in [7, 11) is 0. The number of esters is 1. The summed E-state index contributed by atoms with van der Waals surface area (Å²) in [5.41, 5.74) is 0. The number of aromatic amines is 1. The summed E-state index contributed by atoms with van der Waals surface area (Å²) in [5, 5.41) is 6.95. The van der Waals surface area contributed by atoms with Gasteiger partial charge in [0.05, 0.1) is 11.2 Å². The van der Waals surface area contributed by atoms with Crippen molar-refractivity contribution in [1.82, 2.24) is 10.2 Å². The van der Waals surface area contributed by atoms with E-state index in [0.29, 0.717) is 15.8 Å². The fraction of sp³-hybridized carbons (Fsp3) is 0.0909. The smallest absolute Gasteiger partial charge is 0.350 e.